The Bertz CT molecular complexity index is 617. The molecule has 166 valence electrons. The lowest BCUT2D eigenvalue weighted by atomic mass is 9.99. The van der Waals surface area contributed by atoms with Gasteiger partial charge in [0.15, 0.2) is 0 Å². The summed E-state index contributed by atoms with van der Waals surface area (Å²) in [5.41, 5.74) is 10.6. The normalized spacial score (nSPS) is 15.9. The minimum atomic E-state index is -1.18. The molecule has 0 saturated heterocycles. The molecule has 12 heteroatoms. The van der Waals surface area contributed by atoms with Gasteiger partial charge in [-0.15, -0.1) is 0 Å². The van der Waals surface area contributed by atoms with Gasteiger partial charge in [0.25, 0.3) is 0 Å². The highest BCUT2D eigenvalue weighted by atomic mass is 32.1. The number of rotatable bonds is 13. The van der Waals surface area contributed by atoms with Crippen LogP contribution in [0.4, 0.5) is 0 Å². The van der Waals surface area contributed by atoms with Crippen molar-refractivity contribution in [3.8, 4) is 0 Å². The minimum absolute atomic E-state index is 0.0311. The van der Waals surface area contributed by atoms with Gasteiger partial charge in [-0.1, -0.05) is 20.3 Å². The van der Waals surface area contributed by atoms with Crippen LogP contribution < -0.4 is 27.4 Å². The van der Waals surface area contributed by atoms with Crippen LogP contribution in [0.2, 0.25) is 0 Å². The third-order valence-corrected chi connectivity index (χ3v) is 4.75. The molecule has 5 atom stereocenters. The van der Waals surface area contributed by atoms with Crippen molar-refractivity contribution in [1.29, 1.82) is 0 Å². The number of amides is 4. The summed E-state index contributed by atoms with van der Waals surface area (Å²) in [6.07, 6.45) is 0.496. The van der Waals surface area contributed by atoms with Crippen molar-refractivity contribution in [2.75, 3.05) is 5.75 Å². The number of nitrogens with two attached hydrogens (primary N) is 2. The number of carboxylic acid groups (broad SMARTS) is 1. The first-order valence-corrected chi connectivity index (χ1v) is 9.86. The Balaban J connectivity index is 4.83. The summed E-state index contributed by atoms with van der Waals surface area (Å²) in [7, 11) is 0. The standard InChI is InChI=1S/C17H31N5O6S/c1-4-8(2)13(17(27)28)22-16(26)11(7-29)21-14(24)9(3)20-15(25)10(18)5-6-12(19)23/h8-11,13,29H,4-7,18H2,1-3H3,(H2,19,23)(H,20,25)(H,21,24)(H,22,26)(H,27,28). The summed E-state index contributed by atoms with van der Waals surface area (Å²) < 4.78 is 0. The molecule has 0 spiro atoms. The second-order valence-corrected chi connectivity index (χ2v) is 7.16. The highest BCUT2D eigenvalue weighted by molar-refractivity contribution is 7.80. The fraction of sp³-hybridized carbons (Fsp3) is 0.706. The number of hydrogen-bond donors (Lipinski definition) is 7. The molecule has 0 aromatic rings. The summed E-state index contributed by atoms with van der Waals surface area (Å²) in [5.74, 6) is -4.19. The zero-order chi connectivity index (χ0) is 22.7. The zero-order valence-electron chi connectivity index (χ0n) is 16.8. The smallest absolute Gasteiger partial charge is 0.326 e. The van der Waals surface area contributed by atoms with Crippen LogP contribution in [0.25, 0.3) is 0 Å². The van der Waals surface area contributed by atoms with Crippen LogP contribution in [-0.2, 0) is 24.0 Å². The van der Waals surface area contributed by atoms with E-state index in [9.17, 15) is 29.1 Å². The highest BCUT2D eigenvalue weighted by Crippen LogP contribution is 2.08. The largest absolute Gasteiger partial charge is 0.480 e. The summed E-state index contributed by atoms with van der Waals surface area (Å²) >= 11 is 4.02. The van der Waals surface area contributed by atoms with Crippen molar-refractivity contribution in [1.82, 2.24) is 16.0 Å². The molecule has 0 saturated carbocycles. The van der Waals surface area contributed by atoms with Gasteiger partial charge in [-0.2, -0.15) is 12.6 Å². The van der Waals surface area contributed by atoms with Crippen LogP contribution in [0, 0.1) is 5.92 Å². The van der Waals surface area contributed by atoms with Gasteiger partial charge in [-0.3, -0.25) is 19.2 Å². The van der Waals surface area contributed by atoms with Crippen LogP contribution >= 0.6 is 12.6 Å². The Hall–Kier alpha value is -2.34. The summed E-state index contributed by atoms with van der Waals surface area (Å²) in [6, 6.07) is -4.25. The van der Waals surface area contributed by atoms with Gasteiger partial charge < -0.3 is 32.5 Å². The predicted molar refractivity (Wildman–Crippen MR) is 109 cm³/mol. The Morgan fingerprint density at radius 2 is 1.59 bits per heavy atom. The number of nitrogens with one attached hydrogen (secondary N) is 3. The second-order valence-electron chi connectivity index (χ2n) is 6.80. The van der Waals surface area contributed by atoms with Crippen LogP contribution in [0.5, 0.6) is 0 Å². The van der Waals surface area contributed by atoms with E-state index in [-0.39, 0.29) is 24.5 Å². The van der Waals surface area contributed by atoms with Crippen molar-refractivity contribution in [3.05, 3.63) is 0 Å². The molecule has 0 rings (SSSR count). The van der Waals surface area contributed by atoms with Gasteiger partial charge in [0.2, 0.25) is 23.6 Å². The summed E-state index contributed by atoms with van der Waals surface area (Å²) in [4.78, 5) is 58.7. The lowest BCUT2D eigenvalue weighted by Crippen LogP contribution is -2.57. The Morgan fingerprint density at radius 3 is 2.03 bits per heavy atom. The number of carboxylic acids is 1. The molecular formula is C17H31N5O6S. The van der Waals surface area contributed by atoms with Crippen molar-refractivity contribution >= 4 is 42.2 Å². The highest BCUT2D eigenvalue weighted by Gasteiger charge is 2.30. The molecule has 0 aromatic heterocycles. The van der Waals surface area contributed by atoms with Crippen molar-refractivity contribution in [3.63, 3.8) is 0 Å². The summed E-state index contributed by atoms with van der Waals surface area (Å²) in [5, 5.41) is 16.5. The van der Waals surface area contributed by atoms with Crippen LogP contribution in [0.15, 0.2) is 0 Å². The van der Waals surface area contributed by atoms with E-state index < -0.39 is 53.8 Å². The lowest BCUT2D eigenvalue weighted by molar-refractivity contribution is -0.143. The van der Waals surface area contributed by atoms with E-state index in [1.54, 1.807) is 13.8 Å². The summed E-state index contributed by atoms with van der Waals surface area (Å²) in [6.45, 7) is 4.87. The molecule has 0 heterocycles. The quantitative estimate of drug-likeness (QED) is 0.165. The molecule has 0 aliphatic carbocycles. The first kappa shape index (κ1) is 26.7. The third-order valence-electron chi connectivity index (χ3n) is 4.38. The molecule has 0 aromatic carbocycles. The molecule has 0 aliphatic rings. The lowest BCUT2D eigenvalue weighted by Gasteiger charge is -2.24. The zero-order valence-corrected chi connectivity index (χ0v) is 17.7. The van der Waals surface area contributed by atoms with Gasteiger partial charge in [-0.25, -0.2) is 4.79 Å². The maximum absolute atomic E-state index is 12.4. The SMILES string of the molecule is CCC(C)C(NC(=O)C(CS)NC(=O)C(C)NC(=O)C(N)CCC(N)=O)C(=O)O. The second kappa shape index (κ2) is 13.0. The van der Waals surface area contributed by atoms with Gasteiger partial charge in [0.05, 0.1) is 6.04 Å². The molecule has 4 amide bonds. The van der Waals surface area contributed by atoms with Gasteiger partial charge in [0.1, 0.15) is 18.1 Å². The fourth-order valence-electron chi connectivity index (χ4n) is 2.24. The van der Waals surface area contributed by atoms with E-state index in [1.165, 1.54) is 6.92 Å². The van der Waals surface area contributed by atoms with E-state index in [0.717, 1.165) is 0 Å². The maximum Gasteiger partial charge on any atom is 0.326 e. The molecule has 0 bridgehead atoms. The molecule has 5 unspecified atom stereocenters. The van der Waals surface area contributed by atoms with E-state index >= 15 is 0 Å². The fourth-order valence-corrected chi connectivity index (χ4v) is 2.50. The average molecular weight is 434 g/mol. The number of thiol groups is 1. The van der Waals surface area contributed by atoms with Gasteiger partial charge >= 0.3 is 5.97 Å². The minimum Gasteiger partial charge on any atom is -0.480 e. The maximum atomic E-state index is 12.4. The molecule has 29 heavy (non-hydrogen) atoms. The van der Waals surface area contributed by atoms with E-state index in [0.29, 0.717) is 6.42 Å². The number of carbonyl (C=O) groups is 5. The van der Waals surface area contributed by atoms with Crippen LogP contribution in [0.1, 0.15) is 40.0 Å². The number of primary amides is 1. The van der Waals surface area contributed by atoms with Crippen molar-refractivity contribution in [2.24, 2.45) is 17.4 Å². The van der Waals surface area contributed by atoms with Gasteiger partial charge in [-0.05, 0) is 19.3 Å². The van der Waals surface area contributed by atoms with E-state index in [1.807, 2.05) is 0 Å². The molecule has 0 radical (unpaired) electrons. The monoisotopic (exact) mass is 433 g/mol. The first-order valence-electron chi connectivity index (χ1n) is 9.23. The van der Waals surface area contributed by atoms with E-state index in [2.05, 4.69) is 28.6 Å². The topological polar surface area (TPSA) is 194 Å². The van der Waals surface area contributed by atoms with Crippen LogP contribution in [0.3, 0.4) is 0 Å². The third kappa shape index (κ3) is 9.61. The Kier molecular flexibility index (Phi) is 11.9. The Morgan fingerprint density at radius 1 is 1.00 bits per heavy atom. The number of hydrogen-bond acceptors (Lipinski definition) is 7. The molecular weight excluding hydrogens is 402 g/mol. The van der Waals surface area contributed by atoms with Gasteiger partial charge in [0, 0.05) is 12.2 Å². The van der Waals surface area contributed by atoms with Crippen molar-refractivity contribution < 1.29 is 29.1 Å². The first-order chi connectivity index (χ1) is 13.4. The number of aliphatic carboxylic acids is 1. The molecule has 11 nitrogen and oxygen atoms in total. The molecule has 0 fully saturated rings. The molecule has 8 N–H and O–H groups in total. The Labute approximate surface area is 175 Å². The number of carbonyl (C=O) groups excluding carboxylic acids is 4. The molecule has 0 aliphatic heterocycles. The van der Waals surface area contributed by atoms with Crippen molar-refractivity contribution in [2.45, 2.75) is 64.2 Å². The average Bonchev–Trinajstić information content (AvgIpc) is 2.66. The van der Waals surface area contributed by atoms with E-state index in [4.69, 9.17) is 11.5 Å². The predicted octanol–water partition coefficient (Wildman–Crippen LogP) is -1.89. The van der Waals surface area contributed by atoms with Crippen LogP contribution in [-0.4, -0.2) is 64.6 Å².